The largest absolute Gasteiger partial charge is 0.493 e. The number of hydrogen-bond acceptors (Lipinski definition) is 3. The van der Waals surface area contributed by atoms with Gasteiger partial charge >= 0.3 is 0 Å². The van der Waals surface area contributed by atoms with E-state index >= 15 is 0 Å². The molecule has 0 spiro atoms. The fourth-order valence-corrected chi connectivity index (χ4v) is 2.98. The summed E-state index contributed by atoms with van der Waals surface area (Å²) in [5.74, 6) is 1.15. The molecule has 0 heterocycles. The minimum absolute atomic E-state index is 0.0415. The van der Waals surface area contributed by atoms with E-state index in [1.807, 2.05) is 55.5 Å². The second kappa shape index (κ2) is 9.78. The Labute approximate surface area is 171 Å². The van der Waals surface area contributed by atoms with Crippen molar-refractivity contribution < 1.29 is 19.4 Å². The third-order valence-electron chi connectivity index (χ3n) is 4.68. The van der Waals surface area contributed by atoms with Gasteiger partial charge in [0, 0.05) is 12.0 Å². The molecule has 0 saturated carbocycles. The molecule has 0 fully saturated rings. The van der Waals surface area contributed by atoms with Crippen LogP contribution in [0.2, 0.25) is 0 Å². The Morgan fingerprint density at radius 3 is 2.38 bits per heavy atom. The van der Waals surface area contributed by atoms with E-state index in [0.29, 0.717) is 35.7 Å². The van der Waals surface area contributed by atoms with Crippen LogP contribution in [0.4, 0.5) is 0 Å². The predicted octanol–water partition coefficient (Wildman–Crippen LogP) is 5.86. The summed E-state index contributed by atoms with van der Waals surface area (Å²) in [5, 5.41) is 11.1. The van der Waals surface area contributed by atoms with Gasteiger partial charge in [0.25, 0.3) is 0 Å². The maximum absolute atomic E-state index is 13.0. The topological polar surface area (TPSA) is 55.4 Å². The molecule has 0 amide bonds. The van der Waals surface area contributed by atoms with Gasteiger partial charge in [0.05, 0.1) is 18.3 Å². The van der Waals surface area contributed by atoms with Gasteiger partial charge in [-0.1, -0.05) is 43.3 Å². The molecule has 3 rings (SSSR count). The van der Waals surface area contributed by atoms with Crippen LogP contribution in [0.15, 0.2) is 72.8 Å². The molecule has 29 heavy (non-hydrogen) atoms. The van der Waals surface area contributed by atoms with Crippen LogP contribution in [-0.4, -0.2) is 18.5 Å². The van der Waals surface area contributed by atoms with E-state index in [9.17, 15) is 9.90 Å². The zero-order chi connectivity index (χ0) is 20.6. The first-order chi connectivity index (χ1) is 14.1. The Morgan fingerprint density at radius 2 is 1.69 bits per heavy atom. The standard InChI is InChI=1S/C25H25O4/c1-3-19-9-14-24(23(17-19)25(27)20-7-5-4-6-8-20)29-18(2)15-16-28-22-12-10-21(26)11-13-22/h4-14,17-18H,3,15-16H2,1-2H3. The van der Waals surface area contributed by atoms with Crippen molar-refractivity contribution in [3.05, 3.63) is 89.5 Å². The molecule has 0 saturated heterocycles. The maximum Gasteiger partial charge on any atom is 0.196 e. The SMILES string of the molecule is CCc1ccc(OC(C)CCOc2ccc([O])cc2)c(C(=O)c2ccccc2)c1. The van der Waals surface area contributed by atoms with Crippen LogP contribution in [0.25, 0.3) is 0 Å². The molecule has 0 aliphatic rings. The van der Waals surface area contributed by atoms with Gasteiger partial charge in [-0.15, -0.1) is 0 Å². The second-order valence-electron chi connectivity index (χ2n) is 6.92. The molecule has 4 heteroatoms. The van der Waals surface area contributed by atoms with Gasteiger partial charge in [0.15, 0.2) is 11.5 Å². The molecule has 3 aromatic carbocycles. The Kier molecular flexibility index (Phi) is 6.90. The highest BCUT2D eigenvalue weighted by Gasteiger charge is 2.17. The molecule has 149 valence electrons. The van der Waals surface area contributed by atoms with Crippen molar-refractivity contribution in [1.29, 1.82) is 0 Å². The number of rotatable bonds is 9. The molecule has 3 aromatic rings. The van der Waals surface area contributed by atoms with Crippen molar-refractivity contribution in [3.63, 3.8) is 0 Å². The normalized spacial score (nSPS) is 11.7. The molecule has 1 unspecified atom stereocenters. The maximum atomic E-state index is 13.0. The van der Waals surface area contributed by atoms with Gasteiger partial charge in [-0.05, 0) is 55.3 Å². The highest BCUT2D eigenvalue weighted by Crippen LogP contribution is 2.25. The van der Waals surface area contributed by atoms with Crippen LogP contribution in [-0.2, 0) is 11.5 Å². The van der Waals surface area contributed by atoms with E-state index < -0.39 is 0 Å². The van der Waals surface area contributed by atoms with Crippen LogP contribution < -0.4 is 9.47 Å². The van der Waals surface area contributed by atoms with E-state index in [0.717, 1.165) is 12.0 Å². The summed E-state index contributed by atoms with van der Waals surface area (Å²) in [6.45, 7) is 4.47. The van der Waals surface area contributed by atoms with Crippen LogP contribution >= 0.6 is 0 Å². The van der Waals surface area contributed by atoms with Gasteiger partial charge in [-0.2, -0.15) is 0 Å². The summed E-state index contributed by atoms with van der Waals surface area (Å²) >= 11 is 0. The fraction of sp³-hybridized carbons (Fsp3) is 0.240. The summed E-state index contributed by atoms with van der Waals surface area (Å²) in [5.41, 5.74) is 2.31. The Bertz CT molecular complexity index is 933. The first kappa shape index (κ1) is 20.5. The molecule has 0 bridgehead atoms. The summed E-state index contributed by atoms with van der Waals surface area (Å²) in [4.78, 5) is 13.0. The van der Waals surface area contributed by atoms with E-state index in [1.165, 1.54) is 12.1 Å². The molecular formula is C25H25O4. The zero-order valence-corrected chi connectivity index (χ0v) is 16.8. The van der Waals surface area contributed by atoms with Crippen molar-refractivity contribution in [2.24, 2.45) is 0 Å². The average Bonchev–Trinajstić information content (AvgIpc) is 2.75. The lowest BCUT2D eigenvalue weighted by Gasteiger charge is -2.18. The number of carbonyl (C=O) groups excluding carboxylic acids is 1. The van der Waals surface area contributed by atoms with E-state index in [1.54, 1.807) is 12.1 Å². The van der Waals surface area contributed by atoms with Crippen LogP contribution in [0.1, 0.15) is 41.8 Å². The van der Waals surface area contributed by atoms with Crippen LogP contribution in [0.5, 0.6) is 17.2 Å². The van der Waals surface area contributed by atoms with Crippen molar-refractivity contribution in [3.8, 4) is 17.2 Å². The quantitative estimate of drug-likeness (QED) is 0.431. The van der Waals surface area contributed by atoms with Gasteiger partial charge in [-0.3, -0.25) is 9.90 Å². The Balaban J connectivity index is 1.67. The van der Waals surface area contributed by atoms with Gasteiger partial charge in [-0.25, -0.2) is 0 Å². The molecule has 0 aromatic heterocycles. The minimum atomic E-state index is -0.136. The van der Waals surface area contributed by atoms with Crippen LogP contribution in [0, 0.1) is 0 Å². The van der Waals surface area contributed by atoms with Crippen LogP contribution in [0.3, 0.4) is 0 Å². The van der Waals surface area contributed by atoms with Crippen molar-refractivity contribution in [2.45, 2.75) is 32.8 Å². The third kappa shape index (κ3) is 5.61. The minimum Gasteiger partial charge on any atom is -0.493 e. The predicted molar refractivity (Wildman–Crippen MR) is 112 cm³/mol. The summed E-state index contributed by atoms with van der Waals surface area (Å²) in [6.07, 6.45) is 1.36. The average molecular weight is 389 g/mol. The smallest absolute Gasteiger partial charge is 0.196 e. The lowest BCUT2D eigenvalue weighted by atomic mass is 9.99. The van der Waals surface area contributed by atoms with Crippen molar-refractivity contribution in [2.75, 3.05) is 6.61 Å². The summed E-state index contributed by atoms with van der Waals surface area (Å²) < 4.78 is 11.8. The van der Waals surface area contributed by atoms with Crippen molar-refractivity contribution >= 4 is 5.78 Å². The summed E-state index contributed by atoms with van der Waals surface area (Å²) in [6, 6.07) is 21.3. The molecule has 0 aliphatic carbocycles. The van der Waals surface area contributed by atoms with Gasteiger partial charge < -0.3 is 9.47 Å². The highest BCUT2D eigenvalue weighted by molar-refractivity contribution is 6.10. The first-order valence-electron chi connectivity index (χ1n) is 9.86. The molecule has 1 atom stereocenters. The van der Waals surface area contributed by atoms with E-state index in [-0.39, 0.29) is 17.6 Å². The second-order valence-corrected chi connectivity index (χ2v) is 6.92. The number of carbonyl (C=O) groups is 1. The first-order valence-corrected chi connectivity index (χ1v) is 9.86. The summed E-state index contributed by atoms with van der Waals surface area (Å²) in [7, 11) is 0. The number of hydrogen-bond donors (Lipinski definition) is 0. The number of ketones is 1. The third-order valence-corrected chi connectivity index (χ3v) is 4.68. The molecule has 0 aliphatic heterocycles. The monoisotopic (exact) mass is 389 g/mol. The Morgan fingerprint density at radius 1 is 0.966 bits per heavy atom. The molecule has 1 radical (unpaired) electrons. The Hall–Kier alpha value is -3.27. The zero-order valence-electron chi connectivity index (χ0n) is 16.8. The number of benzene rings is 3. The molecular weight excluding hydrogens is 364 g/mol. The number of aryl methyl sites for hydroxylation is 1. The highest BCUT2D eigenvalue weighted by atomic mass is 16.5. The van der Waals surface area contributed by atoms with E-state index in [4.69, 9.17) is 9.47 Å². The lowest BCUT2D eigenvalue weighted by Crippen LogP contribution is -2.17. The fourth-order valence-electron chi connectivity index (χ4n) is 2.98. The molecule has 4 nitrogen and oxygen atoms in total. The van der Waals surface area contributed by atoms with E-state index in [2.05, 4.69) is 6.92 Å². The van der Waals surface area contributed by atoms with Gasteiger partial charge in [0.2, 0.25) is 0 Å². The van der Waals surface area contributed by atoms with Crippen molar-refractivity contribution in [1.82, 2.24) is 0 Å². The lowest BCUT2D eigenvalue weighted by molar-refractivity contribution is 0.103. The van der Waals surface area contributed by atoms with Gasteiger partial charge in [0.1, 0.15) is 11.5 Å². The number of ether oxygens (including phenoxy) is 2. The molecule has 0 N–H and O–H groups in total.